The molecule has 0 spiro atoms. The van der Waals surface area contributed by atoms with Crippen LogP contribution in [0.3, 0.4) is 0 Å². The third-order valence-corrected chi connectivity index (χ3v) is 3.81. The molecule has 1 saturated heterocycles. The number of carboxylic acids is 1. The van der Waals surface area contributed by atoms with Crippen molar-refractivity contribution >= 4 is 5.97 Å². The first kappa shape index (κ1) is 13.8. The molecule has 2 rings (SSSR count). The fourth-order valence-corrected chi connectivity index (χ4v) is 2.32. The second kappa shape index (κ2) is 5.99. The Labute approximate surface area is 108 Å². The Balaban J connectivity index is 1.82. The highest BCUT2D eigenvalue weighted by Gasteiger charge is 2.38. The monoisotopic (exact) mass is 256 g/mol. The van der Waals surface area contributed by atoms with Crippen molar-refractivity contribution in [2.45, 2.75) is 44.2 Å². The van der Waals surface area contributed by atoms with Gasteiger partial charge in [-0.1, -0.05) is 0 Å². The smallest absolute Gasteiger partial charge is 0.323 e. The van der Waals surface area contributed by atoms with Crippen LogP contribution in [0.1, 0.15) is 32.6 Å². The van der Waals surface area contributed by atoms with Gasteiger partial charge in [0, 0.05) is 32.3 Å². The number of aliphatic carboxylic acids is 1. The Morgan fingerprint density at radius 3 is 2.89 bits per heavy atom. The van der Waals surface area contributed by atoms with E-state index in [4.69, 9.17) is 4.74 Å². The lowest BCUT2D eigenvalue weighted by Gasteiger charge is -2.29. The van der Waals surface area contributed by atoms with E-state index in [9.17, 15) is 9.90 Å². The molecule has 104 valence electrons. The van der Waals surface area contributed by atoms with Crippen molar-refractivity contribution in [3.63, 3.8) is 0 Å². The standard InChI is InChI=1S/C13H24N2O3/c1-13(12(16)17,14-11-3-4-11)5-7-15-6-2-9-18-10-8-15/h11,14H,2-10H2,1H3,(H,16,17). The third-order valence-electron chi connectivity index (χ3n) is 3.81. The van der Waals surface area contributed by atoms with E-state index in [1.54, 1.807) is 0 Å². The Kier molecular flexibility index (Phi) is 4.59. The van der Waals surface area contributed by atoms with Gasteiger partial charge in [0.25, 0.3) is 0 Å². The molecule has 1 unspecified atom stereocenters. The molecule has 0 aromatic heterocycles. The van der Waals surface area contributed by atoms with Crippen molar-refractivity contribution in [3.05, 3.63) is 0 Å². The van der Waals surface area contributed by atoms with Gasteiger partial charge in [0.05, 0.1) is 6.61 Å². The fourth-order valence-electron chi connectivity index (χ4n) is 2.32. The van der Waals surface area contributed by atoms with E-state index in [0.717, 1.165) is 52.1 Å². The summed E-state index contributed by atoms with van der Waals surface area (Å²) in [6, 6.07) is 0.415. The maximum Gasteiger partial charge on any atom is 0.323 e. The Hall–Kier alpha value is -0.650. The minimum absolute atomic E-state index is 0.415. The largest absolute Gasteiger partial charge is 0.480 e. The summed E-state index contributed by atoms with van der Waals surface area (Å²) in [6.45, 7) is 6.15. The van der Waals surface area contributed by atoms with Crippen molar-refractivity contribution in [2.75, 3.05) is 32.8 Å². The lowest BCUT2D eigenvalue weighted by Crippen LogP contribution is -2.52. The molecule has 1 atom stereocenters. The molecule has 18 heavy (non-hydrogen) atoms. The van der Waals surface area contributed by atoms with Crippen molar-refractivity contribution in [1.82, 2.24) is 10.2 Å². The van der Waals surface area contributed by atoms with Crippen LogP contribution >= 0.6 is 0 Å². The summed E-state index contributed by atoms with van der Waals surface area (Å²) < 4.78 is 5.41. The van der Waals surface area contributed by atoms with Crippen LogP contribution in [0, 0.1) is 0 Å². The highest BCUT2D eigenvalue weighted by molar-refractivity contribution is 5.78. The number of nitrogens with one attached hydrogen (secondary N) is 1. The predicted octanol–water partition coefficient (Wildman–Crippen LogP) is 0.694. The Morgan fingerprint density at radius 1 is 1.44 bits per heavy atom. The summed E-state index contributed by atoms with van der Waals surface area (Å²) in [4.78, 5) is 13.7. The molecule has 0 radical (unpaired) electrons. The summed E-state index contributed by atoms with van der Waals surface area (Å²) in [5.74, 6) is -0.736. The van der Waals surface area contributed by atoms with Crippen LogP contribution in [0.5, 0.6) is 0 Å². The summed E-state index contributed by atoms with van der Waals surface area (Å²) >= 11 is 0. The number of rotatable bonds is 6. The van der Waals surface area contributed by atoms with Gasteiger partial charge in [0.15, 0.2) is 0 Å². The minimum Gasteiger partial charge on any atom is -0.480 e. The van der Waals surface area contributed by atoms with Gasteiger partial charge < -0.3 is 14.7 Å². The van der Waals surface area contributed by atoms with E-state index in [0.29, 0.717) is 12.5 Å². The molecule has 0 bridgehead atoms. The van der Waals surface area contributed by atoms with Crippen LogP contribution in [0.4, 0.5) is 0 Å². The number of ether oxygens (including phenoxy) is 1. The van der Waals surface area contributed by atoms with E-state index < -0.39 is 11.5 Å². The molecule has 2 aliphatic rings. The first-order valence-corrected chi connectivity index (χ1v) is 6.91. The molecule has 1 heterocycles. The molecule has 0 aromatic carbocycles. The van der Waals surface area contributed by atoms with Gasteiger partial charge in [0.1, 0.15) is 5.54 Å². The average Bonchev–Trinajstić information content (AvgIpc) is 3.13. The van der Waals surface area contributed by atoms with Crippen LogP contribution in [-0.2, 0) is 9.53 Å². The lowest BCUT2D eigenvalue weighted by molar-refractivity contribution is -0.144. The number of hydrogen-bond donors (Lipinski definition) is 2. The molecule has 5 heteroatoms. The number of nitrogens with zero attached hydrogens (tertiary/aromatic N) is 1. The number of carbonyl (C=O) groups is 1. The zero-order valence-corrected chi connectivity index (χ0v) is 11.2. The lowest BCUT2D eigenvalue weighted by atomic mass is 9.97. The molecular weight excluding hydrogens is 232 g/mol. The number of hydrogen-bond acceptors (Lipinski definition) is 4. The SMILES string of the molecule is CC(CCN1CCCOCC1)(NC1CC1)C(=O)O. The zero-order valence-electron chi connectivity index (χ0n) is 11.2. The Bertz CT molecular complexity index is 286. The maximum atomic E-state index is 11.4. The van der Waals surface area contributed by atoms with Gasteiger partial charge in [-0.15, -0.1) is 0 Å². The fraction of sp³-hybridized carbons (Fsp3) is 0.923. The van der Waals surface area contributed by atoms with Crippen molar-refractivity contribution in [3.8, 4) is 0 Å². The quantitative estimate of drug-likeness (QED) is 0.732. The molecule has 0 aromatic rings. The summed E-state index contributed by atoms with van der Waals surface area (Å²) in [6.07, 6.45) is 3.92. The van der Waals surface area contributed by atoms with E-state index in [1.165, 1.54) is 0 Å². The first-order valence-electron chi connectivity index (χ1n) is 6.91. The summed E-state index contributed by atoms with van der Waals surface area (Å²) in [5.41, 5.74) is -0.783. The molecule has 2 fully saturated rings. The summed E-state index contributed by atoms with van der Waals surface area (Å²) in [7, 11) is 0. The second-order valence-electron chi connectivity index (χ2n) is 5.61. The van der Waals surface area contributed by atoms with Crippen LogP contribution in [0.25, 0.3) is 0 Å². The molecule has 2 N–H and O–H groups in total. The summed E-state index contributed by atoms with van der Waals surface area (Å²) in [5, 5.41) is 12.7. The van der Waals surface area contributed by atoms with E-state index in [1.807, 2.05) is 6.92 Å². The second-order valence-corrected chi connectivity index (χ2v) is 5.61. The molecule has 1 saturated carbocycles. The van der Waals surface area contributed by atoms with Gasteiger partial charge in [-0.3, -0.25) is 10.1 Å². The highest BCUT2D eigenvalue weighted by atomic mass is 16.5. The van der Waals surface area contributed by atoms with Gasteiger partial charge in [0.2, 0.25) is 0 Å². The maximum absolute atomic E-state index is 11.4. The van der Waals surface area contributed by atoms with Crippen molar-refractivity contribution in [2.24, 2.45) is 0 Å². The minimum atomic E-state index is -0.783. The molecular formula is C13H24N2O3. The van der Waals surface area contributed by atoms with Crippen LogP contribution < -0.4 is 5.32 Å². The van der Waals surface area contributed by atoms with Crippen molar-refractivity contribution in [1.29, 1.82) is 0 Å². The van der Waals surface area contributed by atoms with Gasteiger partial charge in [-0.2, -0.15) is 0 Å². The van der Waals surface area contributed by atoms with Gasteiger partial charge >= 0.3 is 5.97 Å². The zero-order chi connectivity index (χ0) is 13.0. The van der Waals surface area contributed by atoms with Gasteiger partial charge in [-0.25, -0.2) is 0 Å². The topological polar surface area (TPSA) is 61.8 Å². The molecule has 1 aliphatic heterocycles. The van der Waals surface area contributed by atoms with Crippen LogP contribution in [-0.4, -0.2) is 60.4 Å². The van der Waals surface area contributed by atoms with Gasteiger partial charge in [-0.05, 0) is 32.6 Å². The van der Waals surface area contributed by atoms with E-state index in [2.05, 4.69) is 10.2 Å². The molecule has 1 aliphatic carbocycles. The van der Waals surface area contributed by atoms with Crippen LogP contribution in [0.2, 0.25) is 0 Å². The number of carboxylic acid groups (broad SMARTS) is 1. The Morgan fingerprint density at radius 2 is 2.22 bits per heavy atom. The highest BCUT2D eigenvalue weighted by Crippen LogP contribution is 2.24. The van der Waals surface area contributed by atoms with E-state index in [-0.39, 0.29) is 0 Å². The normalized spacial score (nSPS) is 25.4. The predicted molar refractivity (Wildman–Crippen MR) is 68.7 cm³/mol. The third kappa shape index (κ3) is 3.93. The average molecular weight is 256 g/mol. The van der Waals surface area contributed by atoms with E-state index >= 15 is 0 Å². The van der Waals surface area contributed by atoms with Crippen molar-refractivity contribution < 1.29 is 14.6 Å². The van der Waals surface area contributed by atoms with Crippen LogP contribution in [0.15, 0.2) is 0 Å². The molecule has 0 amide bonds. The molecule has 5 nitrogen and oxygen atoms in total. The first-order chi connectivity index (χ1) is 8.60.